The molecule has 0 atom stereocenters. The van der Waals surface area contributed by atoms with Crippen LogP contribution in [0.3, 0.4) is 0 Å². The number of hydrogen-bond acceptors (Lipinski definition) is 5. The fourth-order valence-corrected chi connectivity index (χ4v) is 3.82. The van der Waals surface area contributed by atoms with Gasteiger partial charge in [0.25, 0.3) is 0 Å². The van der Waals surface area contributed by atoms with Crippen molar-refractivity contribution in [3.8, 4) is 11.4 Å². The third kappa shape index (κ3) is 4.98. The molecule has 0 saturated carbocycles. The van der Waals surface area contributed by atoms with Crippen molar-refractivity contribution in [2.45, 2.75) is 33.5 Å². The number of benzene rings is 2. The molecule has 0 unspecified atom stereocenters. The van der Waals surface area contributed by atoms with Gasteiger partial charge in [0.05, 0.1) is 18.8 Å². The first-order valence-corrected chi connectivity index (χ1v) is 10.7. The minimum absolute atomic E-state index is 0.537. The van der Waals surface area contributed by atoms with Gasteiger partial charge >= 0.3 is 0 Å². The van der Waals surface area contributed by atoms with E-state index >= 15 is 0 Å². The molecular formula is C23H23Cl2N5O. The maximum absolute atomic E-state index is 6.32. The molecule has 0 aliphatic heterocycles. The quantitative estimate of drug-likeness (QED) is 0.366. The van der Waals surface area contributed by atoms with Crippen molar-refractivity contribution in [1.29, 1.82) is 0 Å². The summed E-state index contributed by atoms with van der Waals surface area (Å²) >= 11 is 12.3. The zero-order valence-electron chi connectivity index (χ0n) is 17.6. The predicted molar refractivity (Wildman–Crippen MR) is 122 cm³/mol. The molecule has 2 heterocycles. The number of halogens is 2. The highest BCUT2D eigenvalue weighted by Gasteiger charge is 2.16. The smallest absolute Gasteiger partial charge is 0.241 e. The lowest BCUT2D eigenvalue weighted by Gasteiger charge is -2.14. The summed E-state index contributed by atoms with van der Waals surface area (Å²) in [5.41, 5.74) is 5.23. The topological polar surface area (TPSA) is 60.0 Å². The molecule has 6 nitrogen and oxygen atoms in total. The van der Waals surface area contributed by atoms with E-state index in [0.29, 0.717) is 29.8 Å². The lowest BCUT2D eigenvalue weighted by molar-refractivity contribution is 0.260. The van der Waals surface area contributed by atoms with E-state index < -0.39 is 0 Å². The third-order valence-electron chi connectivity index (χ3n) is 5.21. The van der Waals surface area contributed by atoms with Crippen LogP contribution in [-0.4, -0.2) is 31.9 Å². The van der Waals surface area contributed by atoms with Crippen LogP contribution in [0.5, 0.6) is 0 Å². The van der Waals surface area contributed by atoms with Gasteiger partial charge in [0.2, 0.25) is 11.7 Å². The van der Waals surface area contributed by atoms with Gasteiger partial charge in [0, 0.05) is 33.4 Å². The van der Waals surface area contributed by atoms with Crippen LogP contribution in [-0.2, 0) is 19.6 Å². The van der Waals surface area contributed by atoms with Crippen molar-refractivity contribution in [3.05, 3.63) is 87.0 Å². The Morgan fingerprint density at radius 2 is 1.74 bits per heavy atom. The van der Waals surface area contributed by atoms with Crippen LogP contribution in [0.15, 0.2) is 53.1 Å². The van der Waals surface area contributed by atoms with E-state index in [-0.39, 0.29) is 0 Å². The maximum atomic E-state index is 6.32. The van der Waals surface area contributed by atoms with Gasteiger partial charge in [-0.25, -0.2) is 0 Å². The molecule has 0 spiro atoms. The first-order valence-electron chi connectivity index (χ1n) is 9.94. The highest BCUT2D eigenvalue weighted by atomic mass is 35.5. The van der Waals surface area contributed by atoms with Crippen LogP contribution in [0.1, 0.15) is 28.4 Å². The average molecular weight is 456 g/mol. The molecule has 4 rings (SSSR count). The molecule has 4 aromatic rings. The molecule has 0 aliphatic carbocycles. The lowest BCUT2D eigenvalue weighted by Crippen LogP contribution is -2.18. The van der Waals surface area contributed by atoms with Gasteiger partial charge in [-0.2, -0.15) is 10.1 Å². The van der Waals surface area contributed by atoms with Crippen molar-refractivity contribution < 1.29 is 4.52 Å². The summed E-state index contributed by atoms with van der Waals surface area (Å²) < 4.78 is 7.45. The van der Waals surface area contributed by atoms with Gasteiger partial charge in [-0.15, -0.1) is 0 Å². The number of rotatable bonds is 7. The summed E-state index contributed by atoms with van der Waals surface area (Å²) in [7, 11) is 2.02. The first-order chi connectivity index (χ1) is 14.9. The van der Waals surface area contributed by atoms with Crippen LogP contribution in [0, 0.1) is 13.8 Å². The van der Waals surface area contributed by atoms with E-state index in [1.54, 1.807) is 0 Å². The molecule has 0 fully saturated rings. The van der Waals surface area contributed by atoms with Gasteiger partial charge in [-0.05, 0) is 56.8 Å². The van der Waals surface area contributed by atoms with Crippen LogP contribution in [0.4, 0.5) is 0 Å². The average Bonchev–Trinajstić information content (AvgIpc) is 3.30. The third-order valence-corrected chi connectivity index (χ3v) is 5.83. The Morgan fingerprint density at radius 1 is 1.00 bits per heavy atom. The van der Waals surface area contributed by atoms with Gasteiger partial charge in [-0.1, -0.05) is 46.6 Å². The summed E-state index contributed by atoms with van der Waals surface area (Å²) in [6.07, 6.45) is 0. The molecule has 31 heavy (non-hydrogen) atoms. The van der Waals surface area contributed by atoms with Crippen LogP contribution in [0.2, 0.25) is 10.0 Å². The van der Waals surface area contributed by atoms with Crippen molar-refractivity contribution in [1.82, 2.24) is 24.8 Å². The summed E-state index contributed by atoms with van der Waals surface area (Å²) in [5.74, 6) is 1.12. The van der Waals surface area contributed by atoms with Gasteiger partial charge < -0.3 is 4.52 Å². The Balaban J connectivity index is 1.44. The molecule has 160 valence electrons. The summed E-state index contributed by atoms with van der Waals surface area (Å²) in [5, 5.41) is 10.2. The van der Waals surface area contributed by atoms with Crippen molar-refractivity contribution in [3.63, 3.8) is 0 Å². The molecule has 0 bridgehead atoms. The van der Waals surface area contributed by atoms with E-state index in [1.807, 2.05) is 67.2 Å². The maximum Gasteiger partial charge on any atom is 0.241 e. The standard InChI is InChI=1S/C23H23Cl2N5O/c1-15-20(16(2)30(27-15)12-18-6-4-5-7-21(18)25)13-29(3)14-22-26-23(28-31-22)17-8-10-19(24)11-9-17/h4-11H,12-14H2,1-3H3. The summed E-state index contributed by atoms with van der Waals surface area (Å²) in [6.45, 7) is 6.02. The zero-order chi connectivity index (χ0) is 22.0. The zero-order valence-corrected chi connectivity index (χ0v) is 19.2. The number of aromatic nitrogens is 4. The second-order valence-corrected chi connectivity index (χ2v) is 8.43. The summed E-state index contributed by atoms with van der Waals surface area (Å²) in [4.78, 5) is 6.64. The Bertz CT molecular complexity index is 1180. The molecule has 0 amide bonds. The molecule has 8 heteroatoms. The summed E-state index contributed by atoms with van der Waals surface area (Å²) in [6, 6.07) is 15.2. The molecule has 0 aliphatic rings. The fraction of sp³-hybridized carbons (Fsp3) is 0.261. The Labute approximate surface area is 191 Å². The van der Waals surface area contributed by atoms with Crippen LogP contribution in [0.25, 0.3) is 11.4 Å². The van der Waals surface area contributed by atoms with E-state index in [1.165, 1.54) is 5.56 Å². The van der Waals surface area contributed by atoms with E-state index in [4.69, 9.17) is 32.8 Å². The molecular weight excluding hydrogens is 433 g/mol. The van der Waals surface area contributed by atoms with Crippen LogP contribution < -0.4 is 0 Å². The number of hydrogen-bond donors (Lipinski definition) is 0. The normalized spacial score (nSPS) is 11.4. The highest BCUT2D eigenvalue weighted by Crippen LogP contribution is 2.22. The van der Waals surface area contributed by atoms with Crippen LogP contribution >= 0.6 is 23.2 Å². The predicted octanol–water partition coefficient (Wildman–Crippen LogP) is 5.54. The SMILES string of the molecule is Cc1nn(Cc2ccccc2Cl)c(C)c1CN(C)Cc1nc(-c2ccc(Cl)cc2)no1. The van der Waals surface area contributed by atoms with Crippen molar-refractivity contribution >= 4 is 23.2 Å². The first kappa shape index (κ1) is 21.6. The Hall–Kier alpha value is -2.67. The number of aryl methyl sites for hydroxylation is 1. The van der Waals surface area contributed by atoms with Crippen molar-refractivity contribution in [2.24, 2.45) is 0 Å². The highest BCUT2D eigenvalue weighted by molar-refractivity contribution is 6.31. The van der Waals surface area contributed by atoms with Gasteiger partial charge in [0.15, 0.2) is 0 Å². The van der Waals surface area contributed by atoms with Gasteiger partial charge in [-0.3, -0.25) is 9.58 Å². The lowest BCUT2D eigenvalue weighted by atomic mass is 10.2. The molecule has 2 aromatic heterocycles. The largest absolute Gasteiger partial charge is 0.338 e. The van der Waals surface area contributed by atoms with E-state index in [2.05, 4.69) is 22.0 Å². The van der Waals surface area contributed by atoms with E-state index in [9.17, 15) is 0 Å². The minimum Gasteiger partial charge on any atom is -0.338 e. The number of nitrogens with zero attached hydrogens (tertiary/aromatic N) is 5. The van der Waals surface area contributed by atoms with Gasteiger partial charge in [0.1, 0.15) is 0 Å². The molecule has 0 N–H and O–H groups in total. The monoisotopic (exact) mass is 455 g/mol. The molecule has 2 aromatic carbocycles. The Kier molecular flexibility index (Phi) is 6.41. The van der Waals surface area contributed by atoms with E-state index in [0.717, 1.165) is 34.1 Å². The second kappa shape index (κ2) is 9.22. The molecule has 0 saturated heterocycles. The van der Waals surface area contributed by atoms with Crippen molar-refractivity contribution in [2.75, 3.05) is 7.05 Å². The second-order valence-electron chi connectivity index (χ2n) is 7.59. The Morgan fingerprint density at radius 3 is 2.48 bits per heavy atom. The molecule has 0 radical (unpaired) electrons. The fourth-order valence-electron chi connectivity index (χ4n) is 3.50. The minimum atomic E-state index is 0.537.